The summed E-state index contributed by atoms with van der Waals surface area (Å²) in [7, 11) is 0. The molecule has 176 valence electrons. The van der Waals surface area contributed by atoms with Crippen molar-refractivity contribution < 1.29 is 27.2 Å². The van der Waals surface area contributed by atoms with Gasteiger partial charge in [-0.15, -0.1) is 0 Å². The fourth-order valence-electron chi connectivity index (χ4n) is 3.23. The molecule has 34 heavy (non-hydrogen) atoms. The minimum atomic E-state index is -4.41. The Labute approximate surface area is 193 Å². The molecule has 0 fully saturated rings. The molecule has 0 unspecified atom stereocenters. The van der Waals surface area contributed by atoms with E-state index in [0.29, 0.717) is 40.6 Å². The topological polar surface area (TPSA) is 96.3 Å². The lowest BCUT2D eigenvalue weighted by Crippen LogP contribution is -2.19. The molecule has 3 heterocycles. The highest BCUT2D eigenvalue weighted by atomic mass is 19.4. The number of nitrogens with two attached hydrogens (primary N) is 1. The Morgan fingerprint density at radius 1 is 1.00 bits per heavy atom. The number of aromatic nitrogens is 3. The Balaban J connectivity index is 1.36. The van der Waals surface area contributed by atoms with Gasteiger partial charge in [0.1, 0.15) is 23.9 Å². The first kappa shape index (κ1) is 23.1. The number of hydrogen-bond acceptors (Lipinski definition) is 7. The van der Waals surface area contributed by atoms with Crippen LogP contribution >= 0.6 is 0 Å². The van der Waals surface area contributed by atoms with Gasteiger partial charge in [0.2, 0.25) is 0 Å². The number of nitrogens with zero attached hydrogens (tertiary/aromatic N) is 3. The predicted molar refractivity (Wildman–Crippen MR) is 118 cm³/mol. The first-order valence-corrected chi connectivity index (χ1v) is 10.3. The van der Waals surface area contributed by atoms with Crippen LogP contribution in [0.2, 0.25) is 0 Å². The molecule has 4 aromatic rings. The summed E-state index contributed by atoms with van der Waals surface area (Å²) < 4.78 is 53.3. The number of anilines is 1. The van der Waals surface area contributed by atoms with Crippen molar-refractivity contribution in [2.45, 2.75) is 26.1 Å². The Morgan fingerprint density at radius 2 is 1.79 bits per heavy atom. The monoisotopic (exact) mass is 470 g/mol. The fourth-order valence-corrected chi connectivity index (χ4v) is 3.23. The van der Waals surface area contributed by atoms with Crippen LogP contribution in [0.4, 0.5) is 19.0 Å². The lowest BCUT2D eigenvalue weighted by Gasteiger charge is -2.14. The molecule has 0 aliphatic carbocycles. The van der Waals surface area contributed by atoms with Gasteiger partial charge < -0.3 is 19.7 Å². The summed E-state index contributed by atoms with van der Waals surface area (Å²) in [6.45, 7) is 0.377. The normalized spacial score (nSPS) is 11.4. The van der Waals surface area contributed by atoms with Crippen molar-refractivity contribution >= 4 is 5.82 Å². The fraction of sp³-hybridized carbons (Fsp3) is 0.208. The molecule has 0 saturated heterocycles. The summed E-state index contributed by atoms with van der Waals surface area (Å²) in [5, 5.41) is 4.10. The van der Waals surface area contributed by atoms with Crippen molar-refractivity contribution in [2.24, 2.45) is 0 Å². The van der Waals surface area contributed by atoms with Gasteiger partial charge in [-0.05, 0) is 42.8 Å². The zero-order valence-electron chi connectivity index (χ0n) is 18.2. The largest absolute Gasteiger partial charge is 0.487 e. The van der Waals surface area contributed by atoms with Crippen LogP contribution in [0.5, 0.6) is 11.5 Å². The highest BCUT2D eigenvalue weighted by Crippen LogP contribution is 2.26. The summed E-state index contributed by atoms with van der Waals surface area (Å²) in [5.41, 5.74) is 9.29. The zero-order valence-corrected chi connectivity index (χ0v) is 18.2. The molecule has 7 nitrogen and oxygen atoms in total. The Morgan fingerprint density at radius 3 is 2.53 bits per heavy atom. The van der Waals surface area contributed by atoms with Gasteiger partial charge in [-0.1, -0.05) is 17.3 Å². The van der Waals surface area contributed by atoms with Gasteiger partial charge in [0.15, 0.2) is 12.4 Å². The second-order valence-corrected chi connectivity index (χ2v) is 7.51. The van der Waals surface area contributed by atoms with E-state index < -0.39 is 12.8 Å². The summed E-state index contributed by atoms with van der Waals surface area (Å²) in [4.78, 5) is 8.23. The van der Waals surface area contributed by atoms with Crippen LogP contribution in [0.1, 0.15) is 22.5 Å². The summed E-state index contributed by atoms with van der Waals surface area (Å²) in [5.74, 6) is 1.63. The number of benzene rings is 1. The van der Waals surface area contributed by atoms with Gasteiger partial charge in [0, 0.05) is 30.4 Å². The second-order valence-electron chi connectivity index (χ2n) is 7.51. The van der Waals surface area contributed by atoms with Gasteiger partial charge in [-0.3, -0.25) is 4.98 Å². The summed E-state index contributed by atoms with van der Waals surface area (Å²) in [6, 6.07) is 14.2. The molecule has 0 aliphatic rings. The van der Waals surface area contributed by atoms with Crippen LogP contribution in [0.3, 0.4) is 0 Å². The molecule has 0 bridgehead atoms. The number of nitrogen functional groups attached to an aromatic ring is 1. The lowest BCUT2D eigenvalue weighted by atomic mass is 10.1. The van der Waals surface area contributed by atoms with Crippen molar-refractivity contribution in [3.8, 4) is 22.8 Å². The second kappa shape index (κ2) is 9.82. The standard InChI is InChI=1S/C24H21F3N4O3/c1-15-20(29-10-8-21(15)33-14-24(25,26)27)13-32-18-6-4-16(5-7-18)11-17-12-22(34-31-17)19-3-2-9-30-23(19)28/h2-10,12H,11,13-14H2,1H3,(H2,28,30). The lowest BCUT2D eigenvalue weighted by molar-refractivity contribution is -0.153. The molecule has 0 spiro atoms. The minimum absolute atomic E-state index is 0.0909. The van der Waals surface area contributed by atoms with Crippen molar-refractivity contribution in [3.05, 3.63) is 83.4 Å². The maximum Gasteiger partial charge on any atom is 0.422 e. The van der Waals surface area contributed by atoms with E-state index in [0.717, 1.165) is 11.3 Å². The maximum atomic E-state index is 12.4. The van der Waals surface area contributed by atoms with E-state index in [9.17, 15) is 13.2 Å². The van der Waals surface area contributed by atoms with Crippen LogP contribution in [-0.4, -0.2) is 27.9 Å². The molecule has 0 radical (unpaired) electrons. The number of rotatable bonds is 8. The molecule has 10 heteroatoms. The number of pyridine rings is 2. The molecule has 0 aliphatic heterocycles. The third-order valence-electron chi connectivity index (χ3n) is 5.00. The molecule has 0 atom stereocenters. The Kier molecular flexibility index (Phi) is 6.67. The van der Waals surface area contributed by atoms with Crippen molar-refractivity contribution in [1.29, 1.82) is 0 Å². The minimum Gasteiger partial charge on any atom is -0.487 e. The van der Waals surface area contributed by atoms with Crippen molar-refractivity contribution in [2.75, 3.05) is 12.3 Å². The highest BCUT2D eigenvalue weighted by Gasteiger charge is 2.28. The van der Waals surface area contributed by atoms with E-state index in [-0.39, 0.29) is 12.4 Å². The third kappa shape index (κ3) is 5.83. The molecule has 0 amide bonds. The molecular weight excluding hydrogens is 449 g/mol. The Hall–Kier alpha value is -4.08. The zero-order chi connectivity index (χ0) is 24.1. The first-order valence-electron chi connectivity index (χ1n) is 10.3. The summed E-state index contributed by atoms with van der Waals surface area (Å²) >= 11 is 0. The van der Waals surface area contributed by atoms with E-state index in [1.807, 2.05) is 24.3 Å². The maximum absolute atomic E-state index is 12.4. The van der Waals surface area contributed by atoms with E-state index in [1.165, 1.54) is 12.3 Å². The van der Waals surface area contributed by atoms with Crippen LogP contribution in [0, 0.1) is 6.92 Å². The predicted octanol–water partition coefficient (Wildman–Crippen LogP) is 5.13. The molecule has 3 aromatic heterocycles. The molecule has 0 saturated carbocycles. The van der Waals surface area contributed by atoms with Crippen molar-refractivity contribution in [1.82, 2.24) is 15.1 Å². The van der Waals surface area contributed by atoms with Crippen LogP contribution in [0.25, 0.3) is 11.3 Å². The van der Waals surface area contributed by atoms with Gasteiger partial charge >= 0.3 is 6.18 Å². The SMILES string of the molecule is Cc1c(OCC(F)(F)F)ccnc1COc1ccc(Cc2cc(-c3cccnc3N)on2)cc1. The van der Waals surface area contributed by atoms with Gasteiger partial charge in [0.25, 0.3) is 0 Å². The van der Waals surface area contributed by atoms with E-state index in [1.54, 1.807) is 31.3 Å². The molecule has 1 aromatic carbocycles. The van der Waals surface area contributed by atoms with Gasteiger partial charge in [0.05, 0.1) is 17.0 Å². The van der Waals surface area contributed by atoms with Crippen LogP contribution < -0.4 is 15.2 Å². The van der Waals surface area contributed by atoms with Gasteiger partial charge in [-0.2, -0.15) is 13.2 Å². The smallest absolute Gasteiger partial charge is 0.422 e. The highest BCUT2D eigenvalue weighted by molar-refractivity contribution is 5.69. The average Bonchev–Trinajstić information content (AvgIpc) is 3.26. The van der Waals surface area contributed by atoms with E-state index >= 15 is 0 Å². The molecule has 2 N–H and O–H groups in total. The van der Waals surface area contributed by atoms with Crippen LogP contribution in [0.15, 0.2) is 65.4 Å². The molecule has 4 rings (SSSR count). The van der Waals surface area contributed by atoms with Crippen LogP contribution in [-0.2, 0) is 13.0 Å². The Bertz CT molecular complexity index is 1260. The van der Waals surface area contributed by atoms with E-state index in [2.05, 4.69) is 15.1 Å². The van der Waals surface area contributed by atoms with Crippen molar-refractivity contribution in [3.63, 3.8) is 0 Å². The first-order chi connectivity index (χ1) is 16.3. The number of hydrogen-bond donors (Lipinski definition) is 1. The number of alkyl halides is 3. The van der Waals surface area contributed by atoms with Gasteiger partial charge in [-0.25, -0.2) is 4.98 Å². The quantitative estimate of drug-likeness (QED) is 0.381. The molecular formula is C24H21F3N4O3. The number of ether oxygens (including phenoxy) is 2. The average molecular weight is 470 g/mol. The third-order valence-corrected chi connectivity index (χ3v) is 5.00. The van der Waals surface area contributed by atoms with E-state index in [4.69, 9.17) is 19.7 Å². The summed E-state index contributed by atoms with van der Waals surface area (Å²) in [6.07, 6.45) is -0.863. The number of halogens is 3.